The van der Waals surface area contributed by atoms with Crippen LogP contribution < -0.4 is 5.32 Å². The molecule has 0 fully saturated rings. The lowest BCUT2D eigenvalue weighted by Crippen LogP contribution is -2.17. The zero-order valence-corrected chi connectivity index (χ0v) is 11.2. The summed E-state index contributed by atoms with van der Waals surface area (Å²) < 4.78 is 23.6. The number of nitrogens with one attached hydrogen (secondary N) is 1. The van der Waals surface area contributed by atoms with Gasteiger partial charge < -0.3 is 5.32 Å². The Morgan fingerprint density at radius 2 is 2.17 bits per heavy atom. The van der Waals surface area contributed by atoms with Gasteiger partial charge in [-0.2, -0.15) is 0 Å². The Labute approximate surface area is 107 Å². The summed E-state index contributed by atoms with van der Waals surface area (Å²) in [6.07, 6.45) is 2.69. The molecule has 0 saturated heterocycles. The van der Waals surface area contributed by atoms with Crippen LogP contribution in [-0.4, -0.2) is 20.1 Å². The van der Waals surface area contributed by atoms with E-state index in [2.05, 4.69) is 5.32 Å². The van der Waals surface area contributed by atoms with Gasteiger partial charge in [0.15, 0.2) is 9.84 Å². The maximum absolute atomic E-state index is 11.8. The number of carbonyl (C=O) groups excluding carboxylic acids is 1. The molecule has 1 amide bonds. The summed E-state index contributed by atoms with van der Waals surface area (Å²) in [7, 11) is -3.11. The molecule has 0 saturated carbocycles. The summed E-state index contributed by atoms with van der Waals surface area (Å²) in [5, 5.41) is 2.79. The van der Waals surface area contributed by atoms with Crippen LogP contribution in [0.15, 0.2) is 23.1 Å². The fourth-order valence-corrected chi connectivity index (χ4v) is 3.75. The maximum atomic E-state index is 11.8. The van der Waals surface area contributed by atoms with Gasteiger partial charge in [-0.25, -0.2) is 8.42 Å². The van der Waals surface area contributed by atoms with E-state index in [1.165, 1.54) is 0 Å². The molecule has 1 aliphatic rings. The van der Waals surface area contributed by atoms with E-state index in [0.717, 1.165) is 18.4 Å². The van der Waals surface area contributed by atoms with Crippen molar-refractivity contribution in [3.05, 3.63) is 23.8 Å². The Kier molecular flexibility index (Phi) is 3.71. The molecule has 0 aliphatic carbocycles. The number of rotatable bonds is 3. The number of hydrogen-bond donors (Lipinski definition) is 1. The highest BCUT2D eigenvalue weighted by atomic mass is 32.2. The Hall–Kier alpha value is -1.36. The third-order valence-corrected chi connectivity index (χ3v) is 4.91. The molecule has 1 heterocycles. The molecule has 1 N–H and O–H groups in total. The molecule has 2 rings (SSSR count). The van der Waals surface area contributed by atoms with Crippen molar-refractivity contribution in [2.45, 2.75) is 37.5 Å². The van der Waals surface area contributed by atoms with E-state index in [4.69, 9.17) is 0 Å². The predicted octanol–water partition coefficient (Wildman–Crippen LogP) is 2.15. The molecule has 0 spiro atoms. The maximum Gasteiger partial charge on any atom is 0.224 e. The Morgan fingerprint density at radius 1 is 1.39 bits per heavy atom. The number of benzene rings is 1. The first-order valence-corrected chi connectivity index (χ1v) is 7.83. The first-order valence-electron chi connectivity index (χ1n) is 6.18. The van der Waals surface area contributed by atoms with Crippen LogP contribution in [0.25, 0.3) is 0 Å². The summed E-state index contributed by atoms with van der Waals surface area (Å²) >= 11 is 0. The second-order valence-corrected chi connectivity index (χ2v) is 6.62. The molecule has 1 aromatic rings. The zero-order valence-electron chi connectivity index (χ0n) is 10.4. The number of carbonyl (C=O) groups is 1. The lowest BCUT2D eigenvalue weighted by molar-refractivity contribution is -0.116. The van der Waals surface area contributed by atoms with E-state index in [-0.39, 0.29) is 11.7 Å². The van der Waals surface area contributed by atoms with E-state index >= 15 is 0 Å². The molecule has 4 nitrogen and oxygen atoms in total. The molecule has 0 bridgehead atoms. The second-order valence-electron chi connectivity index (χ2n) is 4.54. The quantitative estimate of drug-likeness (QED) is 0.912. The summed E-state index contributed by atoms with van der Waals surface area (Å²) in [5.41, 5.74) is 1.50. The van der Waals surface area contributed by atoms with E-state index in [0.29, 0.717) is 23.4 Å². The van der Waals surface area contributed by atoms with Gasteiger partial charge in [-0.05, 0) is 43.0 Å². The lowest BCUT2D eigenvalue weighted by atomic mass is 10.1. The second kappa shape index (κ2) is 5.10. The molecule has 18 heavy (non-hydrogen) atoms. The van der Waals surface area contributed by atoms with Crippen molar-refractivity contribution in [1.29, 1.82) is 0 Å². The molecule has 0 radical (unpaired) electrons. The molecule has 1 aliphatic heterocycles. The summed E-state index contributed by atoms with van der Waals surface area (Å²) in [4.78, 5) is 11.9. The molecular weight excluding hydrogens is 250 g/mol. The summed E-state index contributed by atoms with van der Waals surface area (Å²) in [6, 6.07) is 5.04. The number of anilines is 1. The minimum Gasteiger partial charge on any atom is -0.326 e. The van der Waals surface area contributed by atoms with Crippen LogP contribution in [0, 0.1) is 0 Å². The van der Waals surface area contributed by atoms with Gasteiger partial charge in [-0.1, -0.05) is 6.92 Å². The van der Waals surface area contributed by atoms with Gasteiger partial charge in [0.05, 0.1) is 10.6 Å². The number of sulfone groups is 1. The van der Waals surface area contributed by atoms with Crippen molar-refractivity contribution < 1.29 is 13.2 Å². The Bertz CT molecular complexity index is 564. The zero-order chi connectivity index (χ0) is 13.2. The van der Waals surface area contributed by atoms with Gasteiger partial charge in [-0.3, -0.25) is 4.79 Å². The van der Waals surface area contributed by atoms with Crippen molar-refractivity contribution in [2.75, 3.05) is 11.1 Å². The first kappa shape index (κ1) is 13.1. The van der Waals surface area contributed by atoms with Gasteiger partial charge in [0.2, 0.25) is 5.91 Å². The van der Waals surface area contributed by atoms with Crippen molar-refractivity contribution in [2.24, 2.45) is 0 Å². The fourth-order valence-electron chi connectivity index (χ4n) is 2.17. The molecule has 1 aromatic carbocycles. The van der Waals surface area contributed by atoms with Gasteiger partial charge in [0, 0.05) is 12.1 Å². The van der Waals surface area contributed by atoms with E-state index in [9.17, 15) is 13.2 Å². The Balaban J connectivity index is 2.25. The average Bonchev–Trinajstić information content (AvgIpc) is 2.28. The van der Waals surface area contributed by atoms with Crippen molar-refractivity contribution in [1.82, 2.24) is 0 Å². The first-order chi connectivity index (χ1) is 8.53. The van der Waals surface area contributed by atoms with Crippen LogP contribution >= 0.6 is 0 Å². The number of aryl methyl sites for hydroxylation is 1. The standard InChI is InChI=1S/C13H17NO3S/c1-2-4-13(15)14-11-6-7-12-10(9-11)5-3-8-18(12,16)17/h6-7,9H,2-5,8H2,1H3,(H,14,15). The Morgan fingerprint density at radius 3 is 2.89 bits per heavy atom. The van der Waals surface area contributed by atoms with Crippen LogP contribution in [0.1, 0.15) is 31.7 Å². The molecule has 0 atom stereocenters. The monoisotopic (exact) mass is 267 g/mol. The minimum absolute atomic E-state index is 0.0314. The summed E-state index contributed by atoms with van der Waals surface area (Å²) in [5.74, 6) is 0.192. The SMILES string of the molecule is CCCC(=O)Nc1ccc2c(c1)CCCS2(=O)=O. The summed E-state index contributed by atoms with van der Waals surface area (Å²) in [6.45, 7) is 1.94. The molecule has 98 valence electrons. The van der Waals surface area contributed by atoms with Crippen LogP contribution in [-0.2, 0) is 21.1 Å². The van der Waals surface area contributed by atoms with Crippen molar-refractivity contribution in [3.8, 4) is 0 Å². The van der Waals surface area contributed by atoms with Crippen molar-refractivity contribution in [3.63, 3.8) is 0 Å². The van der Waals surface area contributed by atoms with Crippen molar-refractivity contribution >= 4 is 21.4 Å². The largest absolute Gasteiger partial charge is 0.326 e. The van der Waals surface area contributed by atoms with Gasteiger partial charge in [0.25, 0.3) is 0 Å². The predicted molar refractivity (Wildman–Crippen MR) is 70.4 cm³/mol. The third kappa shape index (κ3) is 2.72. The normalized spacial score (nSPS) is 16.9. The van der Waals surface area contributed by atoms with Gasteiger partial charge in [-0.15, -0.1) is 0 Å². The molecule has 0 aromatic heterocycles. The molecule has 5 heteroatoms. The highest BCUT2D eigenvalue weighted by Crippen LogP contribution is 2.27. The topological polar surface area (TPSA) is 63.2 Å². The van der Waals surface area contributed by atoms with Crippen LogP contribution in [0.4, 0.5) is 5.69 Å². The van der Waals surface area contributed by atoms with Gasteiger partial charge >= 0.3 is 0 Å². The minimum atomic E-state index is -3.11. The molecule has 0 unspecified atom stereocenters. The van der Waals surface area contributed by atoms with E-state index in [1.807, 2.05) is 6.92 Å². The highest BCUT2D eigenvalue weighted by Gasteiger charge is 2.23. The van der Waals surface area contributed by atoms with Crippen LogP contribution in [0.5, 0.6) is 0 Å². The number of hydrogen-bond acceptors (Lipinski definition) is 3. The lowest BCUT2D eigenvalue weighted by Gasteiger charge is -2.17. The van der Waals surface area contributed by atoms with Crippen LogP contribution in [0.3, 0.4) is 0 Å². The smallest absolute Gasteiger partial charge is 0.224 e. The number of amides is 1. The highest BCUT2D eigenvalue weighted by molar-refractivity contribution is 7.91. The fraction of sp³-hybridized carbons (Fsp3) is 0.462. The number of fused-ring (bicyclic) bond motifs is 1. The van der Waals surface area contributed by atoms with Gasteiger partial charge in [0.1, 0.15) is 0 Å². The average molecular weight is 267 g/mol. The van der Waals surface area contributed by atoms with E-state index in [1.54, 1.807) is 18.2 Å². The molecular formula is C13H17NO3S. The third-order valence-electron chi connectivity index (χ3n) is 3.02. The van der Waals surface area contributed by atoms with Crippen LogP contribution in [0.2, 0.25) is 0 Å². The van der Waals surface area contributed by atoms with E-state index < -0.39 is 9.84 Å².